The van der Waals surface area contributed by atoms with Crippen LogP contribution < -0.4 is 5.32 Å². The van der Waals surface area contributed by atoms with Crippen LogP contribution in [0, 0.1) is 0 Å². The second-order valence-electron chi connectivity index (χ2n) is 3.51. The van der Waals surface area contributed by atoms with E-state index in [1.165, 1.54) is 11.8 Å². The maximum absolute atomic E-state index is 11.5. The summed E-state index contributed by atoms with van der Waals surface area (Å²) in [5, 5.41) is 3.72. The number of carbonyl (C=O) groups excluding carboxylic acids is 1. The molecule has 1 rings (SSSR count). The van der Waals surface area contributed by atoms with Gasteiger partial charge in [0.1, 0.15) is 0 Å². The van der Waals surface area contributed by atoms with Crippen molar-refractivity contribution < 1.29 is 4.79 Å². The largest absolute Gasteiger partial charge is 0.349 e. The molecule has 0 aliphatic carbocycles. The van der Waals surface area contributed by atoms with Crippen LogP contribution in [0.2, 0.25) is 5.02 Å². The lowest BCUT2D eigenvalue weighted by Gasteiger charge is -2.17. The van der Waals surface area contributed by atoms with Crippen molar-refractivity contribution >= 4 is 29.3 Å². The Morgan fingerprint density at radius 1 is 1.44 bits per heavy atom. The van der Waals surface area contributed by atoms with Crippen molar-refractivity contribution in [2.24, 2.45) is 0 Å². The van der Waals surface area contributed by atoms with Gasteiger partial charge in [0.05, 0.1) is 11.8 Å². The van der Waals surface area contributed by atoms with Crippen LogP contribution in [0.4, 0.5) is 0 Å². The van der Waals surface area contributed by atoms with E-state index in [9.17, 15) is 4.79 Å². The molecule has 0 heterocycles. The summed E-state index contributed by atoms with van der Waals surface area (Å²) in [7, 11) is 0. The molecule has 0 spiro atoms. The van der Waals surface area contributed by atoms with E-state index in [-0.39, 0.29) is 11.9 Å². The highest BCUT2D eigenvalue weighted by atomic mass is 35.5. The molecule has 1 aromatic carbocycles. The third kappa shape index (κ3) is 4.06. The van der Waals surface area contributed by atoms with Crippen LogP contribution in [0.1, 0.15) is 24.9 Å². The minimum atomic E-state index is 0.0781. The molecule has 1 aromatic rings. The predicted octanol–water partition coefficient (Wildman–Crippen LogP) is 3.27. The maximum Gasteiger partial charge on any atom is 0.230 e. The van der Waals surface area contributed by atoms with Crippen LogP contribution in [-0.4, -0.2) is 17.9 Å². The lowest BCUT2D eigenvalue weighted by atomic mass is 10.0. The summed E-state index contributed by atoms with van der Waals surface area (Å²) < 4.78 is 0. The van der Waals surface area contributed by atoms with Gasteiger partial charge in [0, 0.05) is 5.02 Å². The van der Waals surface area contributed by atoms with Crippen molar-refractivity contribution in [2.45, 2.75) is 19.4 Å². The molecule has 0 aromatic heterocycles. The summed E-state index contributed by atoms with van der Waals surface area (Å²) in [6, 6.07) is 7.68. The first kappa shape index (κ1) is 13.4. The molecule has 1 N–H and O–H groups in total. The second kappa shape index (κ2) is 6.81. The molecule has 4 heteroatoms. The number of carbonyl (C=O) groups is 1. The van der Waals surface area contributed by atoms with Crippen molar-refractivity contribution in [1.29, 1.82) is 0 Å². The van der Waals surface area contributed by atoms with Gasteiger partial charge < -0.3 is 5.32 Å². The molecule has 1 atom stereocenters. The maximum atomic E-state index is 11.5. The Hall–Kier alpha value is -0.670. The average molecular weight is 258 g/mol. The fraction of sp³-hybridized carbons (Fsp3) is 0.417. The zero-order valence-electron chi connectivity index (χ0n) is 9.50. The van der Waals surface area contributed by atoms with Crippen molar-refractivity contribution in [2.75, 3.05) is 12.0 Å². The molecule has 1 unspecified atom stereocenters. The highest BCUT2D eigenvalue weighted by Crippen LogP contribution is 2.19. The summed E-state index contributed by atoms with van der Waals surface area (Å²) in [6.45, 7) is 2.05. The Morgan fingerprint density at radius 2 is 2.06 bits per heavy atom. The summed E-state index contributed by atoms with van der Waals surface area (Å²) in [4.78, 5) is 11.5. The van der Waals surface area contributed by atoms with Gasteiger partial charge in [-0.05, 0) is 30.4 Å². The first-order valence-corrected chi connectivity index (χ1v) is 6.98. The first-order valence-electron chi connectivity index (χ1n) is 5.21. The molecule has 2 nitrogen and oxygen atoms in total. The number of nitrogens with one attached hydrogen (secondary N) is 1. The first-order chi connectivity index (χ1) is 7.67. The van der Waals surface area contributed by atoms with Gasteiger partial charge in [-0.2, -0.15) is 11.8 Å². The predicted molar refractivity (Wildman–Crippen MR) is 71.0 cm³/mol. The van der Waals surface area contributed by atoms with E-state index in [2.05, 4.69) is 12.2 Å². The van der Waals surface area contributed by atoms with Gasteiger partial charge in [0.25, 0.3) is 0 Å². The molecule has 0 saturated heterocycles. The Kier molecular flexibility index (Phi) is 5.71. The normalized spacial score (nSPS) is 12.2. The number of rotatable bonds is 5. The summed E-state index contributed by atoms with van der Waals surface area (Å²) >= 11 is 7.35. The summed E-state index contributed by atoms with van der Waals surface area (Å²) in [5.41, 5.74) is 1.10. The summed E-state index contributed by atoms with van der Waals surface area (Å²) in [5.74, 6) is 0.582. The van der Waals surface area contributed by atoms with Crippen LogP contribution in [0.3, 0.4) is 0 Å². The number of hydrogen-bond donors (Lipinski definition) is 1. The molecule has 0 saturated carbocycles. The van der Waals surface area contributed by atoms with Gasteiger partial charge in [-0.1, -0.05) is 30.7 Å². The van der Waals surface area contributed by atoms with Gasteiger partial charge in [-0.15, -0.1) is 0 Å². The third-order valence-corrected chi connectivity index (χ3v) is 3.09. The number of hydrogen-bond acceptors (Lipinski definition) is 2. The molecule has 0 fully saturated rings. The van der Waals surface area contributed by atoms with Gasteiger partial charge in [0.15, 0.2) is 0 Å². The molecule has 1 amide bonds. The molecule has 0 radical (unpaired) electrons. The van der Waals surface area contributed by atoms with Gasteiger partial charge >= 0.3 is 0 Å². The quantitative estimate of drug-likeness (QED) is 0.877. The number of thioether (sulfide) groups is 1. The molecular weight excluding hydrogens is 242 g/mol. The fourth-order valence-electron chi connectivity index (χ4n) is 1.48. The van der Waals surface area contributed by atoms with Crippen LogP contribution in [0.5, 0.6) is 0 Å². The molecule has 0 bridgehead atoms. The molecule has 16 heavy (non-hydrogen) atoms. The van der Waals surface area contributed by atoms with Crippen molar-refractivity contribution in [3.05, 3.63) is 34.9 Å². The summed E-state index contributed by atoms with van der Waals surface area (Å²) in [6.07, 6.45) is 2.80. The van der Waals surface area contributed by atoms with E-state index in [1.807, 2.05) is 30.5 Å². The van der Waals surface area contributed by atoms with Crippen molar-refractivity contribution in [3.63, 3.8) is 0 Å². The molecule has 88 valence electrons. The van der Waals surface area contributed by atoms with E-state index in [4.69, 9.17) is 11.6 Å². The van der Waals surface area contributed by atoms with E-state index >= 15 is 0 Å². The van der Waals surface area contributed by atoms with Crippen molar-refractivity contribution in [3.8, 4) is 0 Å². The smallest absolute Gasteiger partial charge is 0.230 e. The topological polar surface area (TPSA) is 29.1 Å². The van der Waals surface area contributed by atoms with Crippen LogP contribution in [0.25, 0.3) is 0 Å². The SMILES string of the molecule is CCC(NC(=O)CSC)c1ccc(Cl)cc1. The zero-order chi connectivity index (χ0) is 12.0. The minimum Gasteiger partial charge on any atom is -0.349 e. The van der Waals surface area contributed by atoms with Crippen LogP contribution in [-0.2, 0) is 4.79 Å². The molecule has 0 aliphatic heterocycles. The van der Waals surface area contributed by atoms with E-state index < -0.39 is 0 Å². The second-order valence-corrected chi connectivity index (χ2v) is 4.82. The Labute approximate surface area is 106 Å². The lowest BCUT2D eigenvalue weighted by molar-refractivity contribution is -0.119. The van der Waals surface area contributed by atoms with Gasteiger partial charge in [-0.25, -0.2) is 0 Å². The van der Waals surface area contributed by atoms with E-state index in [0.29, 0.717) is 10.8 Å². The highest BCUT2D eigenvalue weighted by molar-refractivity contribution is 7.99. The van der Waals surface area contributed by atoms with E-state index in [0.717, 1.165) is 12.0 Å². The fourth-order valence-corrected chi connectivity index (χ4v) is 1.95. The Bertz CT molecular complexity index is 339. The van der Waals surface area contributed by atoms with Crippen LogP contribution in [0.15, 0.2) is 24.3 Å². The van der Waals surface area contributed by atoms with Crippen LogP contribution >= 0.6 is 23.4 Å². The zero-order valence-corrected chi connectivity index (χ0v) is 11.1. The Balaban J connectivity index is 2.67. The van der Waals surface area contributed by atoms with Crippen molar-refractivity contribution in [1.82, 2.24) is 5.32 Å². The monoisotopic (exact) mass is 257 g/mol. The number of benzene rings is 1. The lowest BCUT2D eigenvalue weighted by Crippen LogP contribution is -2.29. The minimum absolute atomic E-state index is 0.0781. The standard InChI is InChI=1S/C12H16ClNOS/c1-3-11(14-12(15)8-16-2)9-4-6-10(13)7-5-9/h4-7,11H,3,8H2,1-2H3,(H,14,15). The van der Waals surface area contributed by atoms with Gasteiger partial charge in [0.2, 0.25) is 5.91 Å². The Morgan fingerprint density at radius 3 is 2.56 bits per heavy atom. The highest BCUT2D eigenvalue weighted by Gasteiger charge is 2.11. The third-order valence-electron chi connectivity index (χ3n) is 2.29. The molecular formula is C12H16ClNOS. The van der Waals surface area contributed by atoms with Gasteiger partial charge in [-0.3, -0.25) is 4.79 Å². The molecule has 0 aliphatic rings. The number of halogens is 1. The average Bonchev–Trinajstić information content (AvgIpc) is 2.27. The number of amides is 1. The van der Waals surface area contributed by atoms with E-state index in [1.54, 1.807) is 0 Å².